The summed E-state index contributed by atoms with van der Waals surface area (Å²) in [5.74, 6) is 0. The first-order valence-corrected chi connectivity index (χ1v) is 5.71. The highest BCUT2D eigenvalue weighted by Gasteiger charge is 2.14. The molecule has 0 saturated heterocycles. The summed E-state index contributed by atoms with van der Waals surface area (Å²) in [5.41, 5.74) is 6.62. The molecule has 0 aliphatic rings. The number of rotatable bonds is 1. The second kappa shape index (κ2) is 4.74. The van der Waals surface area contributed by atoms with Crippen molar-refractivity contribution in [3.8, 4) is 0 Å². The van der Waals surface area contributed by atoms with Gasteiger partial charge in [-0.15, -0.1) is 0 Å². The summed E-state index contributed by atoms with van der Waals surface area (Å²) >= 11 is 3.30. The molecule has 0 aliphatic carbocycles. The molecule has 0 aromatic heterocycles. The van der Waals surface area contributed by atoms with E-state index < -0.39 is 0 Å². The molecule has 0 bridgehead atoms. The molecule has 0 heterocycles. The van der Waals surface area contributed by atoms with E-state index in [1.54, 1.807) is 12.1 Å². The Kier molecular flexibility index (Phi) is 3.80. The Morgan fingerprint density at radius 2 is 2.00 bits per heavy atom. The van der Waals surface area contributed by atoms with E-state index in [9.17, 15) is 4.79 Å². The van der Waals surface area contributed by atoms with Crippen molar-refractivity contribution >= 4 is 33.3 Å². The SMILES string of the molecule is CC(C)(C)NC(=O)Nc1ccc(Br)cc1N. The van der Waals surface area contributed by atoms with Gasteiger partial charge in [0.05, 0.1) is 11.4 Å². The van der Waals surface area contributed by atoms with Crippen LogP contribution >= 0.6 is 15.9 Å². The van der Waals surface area contributed by atoms with Gasteiger partial charge in [-0.05, 0) is 39.0 Å². The predicted molar refractivity (Wildman–Crippen MR) is 70.5 cm³/mol. The number of halogens is 1. The van der Waals surface area contributed by atoms with E-state index in [4.69, 9.17) is 5.73 Å². The van der Waals surface area contributed by atoms with Gasteiger partial charge in [0.2, 0.25) is 0 Å². The monoisotopic (exact) mass is 285 g/mol. The smallest absolute Gasteiger partial charge is 0.319 e. The highest BCUT2D eigenvalue weighted by molar-refractivity contribution is 9.10. The lowest BCUT2D eigenvalue weighted by Crippen LogP contribution is -2.43. The molecule has 2 amide bonds. The minimum atomic E-state index is -0.270. The molecule has 4 nitrogen and oxygen atoms in total. The number of hydrogen-bond acceptors (Lipinski definition) is 2. The van der Waals surface area contributed by atoms with Gasteiger partial charge in [-0.25, -0.2) is 4.79 Å². The maximum atomic E-state index is 11.6. The van der Waals surface area contributed by atoms with Crippen LogP contribution < -0.4 is 16.4 Å². The number of urea groups is 1. The van der Waals surface area contributed by atoms with E-state index in [-0.39, 0.29) is 11.6 Å². The molecule has 88 valence electrons. The molecule has 1 rings (SSSR count). The molecule has 0 unspecified atom stereocenters. The van der Waals surface area contributed by atoms with Crippen LogP contribution in [0.15, 0.2) is 22.7 Å². The molecular formula is C11H16BrN3O. The van der Waals surface area contributed by atoms with Crippen LogP contribution in [0.25, 0.3) is 0 Å². The van der Waals surface area contributed by atoms with Crippen LogP contribution in [-0.2, 0) is 0 Å². The maximum Gasteiger partial charge on any atom is 0.319 e. The Morgan fingerprint density at radius 3 is 2.50 bits per heavy atom. The van der Waals surface area contributed by atoms with Crippen LogP contribution in [-0.4, -0.2) is 11.6 Å². The van der Waals surface area contributed by atoms with Crippen LogP contribution in [0.1, 0.15) is 20.8 Å². The summed E-state index contributed by atoms with van der Waals surface area (Å²) in [6.45, 7) is 5.74. The minimum Gasteiger partial charge on any atom is -0.397 e. The lowest BCUT2D eigenvalue weighted by molar-refractivity contribution is 0.244. The highest BCUT2D eigenvalue weighted by Crippen LogP contribution is 2.22. The summed E-state index contributed by atoms with van der Waals surface area (Å²) in [6, 6.07) is 5.05. The Balaban J connectivity index is 2.70. The quantitative estimate of drug-likeness (QED) is 0.695. The zero-order valence-electron chi connectivity index (χ0n) is 9.60. The summed E-state index contributed by atoms with van der Waals surface area (Å²) in [7, 11) is 0. The van der Waals surface area contributed by atoms with Crippen LogP contribution in [0.3, 0.4) is 0 Å². The molecule has 1 aromatic carbocycles. The van der Waals surface area contributed by atoms with Crippen molar-refractivity contribution in [1.29, 1.82) is 0 Å². The van der Waals surface area contributed by atoms with Crippen LogP contribution in [0, 0.1) is 0 Å². The van der Waals surface area contributed by atoms with Gasteiger partial charge >= 0.3 is 6.03 Å². The van der Waals surface area contributed by atoms with Gasteiger partial charge in [0.1, 0.15) is 0 Å². The van der Waals surface area contributed by atoms with Crippen molar-refractivity contribution in [2.24, 2.45) is 0 Å². The molecule has 1 aromatic rings. The first-order chi connectivity index (χ1) is 7.28. The Labute approximate surface area is 104 Å². The molecule has 0 saturated carbocycles. The van der Waals surface area contributed by atoms with E-state index >= 15 is 0 Å². The minimum absolute atomic E-state index is 0.262. The molecule has 0 aliphatic heterocycles. The van der Waals surface area contributed by atoms with Gasteiger partial charge < -0.3 is 16.4 Å². The van der Waals surface area contributed by atoms with Crippen molar-refractivity contribution < 1.29 is 4.79 Å². The van der Waals surface area contributed by atoms with Crippen molar-refractivity contribution in [2.45, 2.75) is 26.3 Å². The Morgan fingerprint density at radius 1 is 1.38 bits per heavy atom. The van der Waals surface area contributed by atoms with E-state index in [2.05, 4.69) is 26.6 Å². The third kappa shape index (κ3) is 4.10. The molecule has 0 atom stereocenters. The molecular weight excluding hydrogens is 270 g/mol. The fraction of sp³-hybridized carbons (Fsp3) is 0.364. The summed E-state index contributed by atoms with van der Waals surface area (Å²) in [5, 5.41) is 5.49. The number of anilines is 2. The van der Waals surface area contributed by atoms with Gasteiger partial charge in [-0.1, -0.05) is 15.9 Å². The van der Waals surface area contributed by atoms with E-state index in [1.165, 1.54) is 0 Å². The van der Waals surface area contributed by atoms with Gasteiger partial charge in [0.25, 0.3) is 0 Å². The van der Waals surface area contributed by atoms with Gasteiger partial charge in [-0.3, -0.25) is 0 Å². The number of benzene rings is 1. The van der Waals surface area contributed by atoms with E-state index in [0.29, 0.717) is 11.4 Å². The summed E-state index contributed by atoms with van der Waals surface area (Å²) < 4.78 is 0.881. The summed E-state index contributed by atoms with van der Waals surface area (Å²) in [6.07, 6.45) is 0. The summed E-state index contributed by atoms with van der Waals surface area (Å²) in [4.78, 5) is 11.6. The maximum absolute atomic E-state index is 11.6. The number of amides is 2. The third-order valence-electron chi connectivity index (χ3n) is 1.75. The highest BCUT2D eigenvalue weighted by atomic mass is 79.9. The second-order valence-electron chi connectivity index (χ2n) is 4.56. The molecule has 5 heteroatoms. The molecule has 0 spiro atoms. The average Bonchev–Trinajstić information content (AvgIpc) is 2.06. The van der Waals surface area contributed by atoms with Crippen molar-refractivity contribution in [1.82, 2.24) is 5.32 Å². The van der Waals surface area contributed by atoms with E-state index in [1.807, 2.05) is 26.8 Å². The first-order valence-electron chi connectivity index (χ1n) is 4.92. The fourth-order valence-electron chi connectivity index (χ4n) is 1.14. The van der Waals surface area contributed by atoms with Gasteiger partial charge in [0, 0.05) is 10.0 Å². The number of nitrogens with two attached hydrogens (primary N) is 1. The zero-order valence-corrected chi connectivity index (χ0v) is 11.2. The van der Waals surface area contributed by atoms with Crippen LogP contribution in [0.5, 0.6) is 0 Å². The van der Waals surface area contributed by atoms with Crippen LogP contribution in [0.4, 0.5) is 16.2 Å². The fourth-order valence-corrected chi connectivity index (χ4v) is 1.52. The predicted octanol–water partition coefficient (Wildman–Crippen LogP) is 2.95. The largest absolute Gasteiger partial charge is 0.397 e. The number of hydrogen-bond donors (Lipinski definition) is 3. The van der Waals surface area contributed by atoms with Gasteiger partial charge in [0.15, 0.2) is 0 Å². The van der Waals surface area contributed by atoms with Crippen molar-refractivity contribution in [3.63, 3.8) is 0 Å². The van der Waals surface area contributed by atoms with Crippen molar-refractivity contribution in [3.05, 3.63) is 22.7 Å². The third-order valence-corrected chi connectivity index (χ3v) is 2.24. The zero-order chi connectivity index (χ0) is 12.3. The average molecular weight is 286 g/mol. The number of carbonyl (C=O) groups is 1. The molecule has 0 fully saturated rings. The van der Waals surface area contributed by atoms with E-state index in [0.717, 1.165) is 4.47 Å². The number of nitrogens with one attached hydrogen (secondary N) is 2. The lowest BCUT2D eigenvalue weighted by atomic mass is 10.1. The Hall–Kier alpha value is -1.23. The molecule has 4 N–H and O–H groups in total. The van der Waals surface area contributed by atoms with Crippen LogP contribution in [0.2, 0.25) is 0 Å². The standard InChI is InChI=1S/C11H16BrN3O/c1-11(2,3)15-10(16)14-9-5-4-7(12)6-8(9)13/h4-6H,13H2,1-3H3,(H2,14,15,16). The second-order valence-corrected chi connectivity index (χ2v) is 5.48. The number of carbonyl (C=O) groups excluding carboxylic acids is 1. The van der Waals surface area contributed by atoms with Gasteiger partial charge in [-0.2, -0.15) is 0 Å². The Bertz CT molecular complexity index is 399. The molecule has 0 radical (unpaired) electrons. The first kappa shape index (κ1) is 12.8. The number of nitrogen functional groups attached to an aromatic ring is 1. The van der Waals surface area contributed by atoms with Crippen molar-refractivity contribution in [2.75, 3.05) is 11.1 Å². The topological polar surface area (TPSA) is 67.2 Å². The lowest BCUT2D eigenvalue weighted by Gasteiger charge is -2.21. The molecule has 16 heavy (non-hydrogen) atoms. The normalized spacial score (nSPS) is 11.0.